The van der Waals surface area contributed by atoms with Gasteiger partial charge in [0, 0.05) is 12.6 Å². The molecular formula is C13H13N. The topological polar surface area (TPSA) is 12.0 Å². The number of hydrogen-bond acceptors (Lipinski definition) is 1. The van der Waals surface area contributed by atoms with Crippen LogP contribution in [0, 0.1) is 0 Å². The molecule has 0 saturated heterocycles. The van der Waals surface area contributed by atoms with Crippen LogP contribution in [-0.2, 0) is 6.54 Å². The van der Waals surface area contributed by atoms with Crippen LogP contribution < -0.4 is 5.32 Å². The van der Waals surface area contributed by atoms with Crippen molar-refractivity contribution in [2.24, 2.45) is 0 Å². The molecule has 1 aromatic rings. The van der Waals surface area contributed by atoms with E-state index in [1.165, 1.54) is 16.7 Å². The highest BCUT2D eigenvalue weighted by Crippen LogP contribution is 2.30. The van der Waals surface area contributed by atoms with Crippen LogP contribution in [0.4, 0.5) is 0 Å². The number of hydrogen-bond donors (Lipinski definition) is 1. The van der Waals surface area contributed by atoms with E-state index in [4.69, 9.17) is 0 Å². The van der Waals surface area contributed by atoms with Gasteiger partial charge in [0.1, 0.15) is 0 Å². The third kappa shape index (κ3) is 1.13. The molecule has 1 unspecified atom stereocenters. The highest BCUT2D eigenvalue weighted by Gasteiger charge is 2.22. The second kappa shape index (κ2) is 3.10. The summed E-state index contributed by atoms with van der Waals surface area (Å²) in [6.07, 6.45) is 7.75. The van der Waals surface area contributed by atoms with Gasteiger partial charge in [0.05, 0.1) is 0 Å². The van der Waals surface area contributed by atoms with E-state index in [0.717, 1.165) is 13.0 Å². The van der Waals surface area contributed by atoms with Gasteiger partial charge in [0.25, 0.3) is 0 Å². The number of fused-ring (bicyclic) bond motifs is 3. The summed E-state index contributed by atoms with van der Waals surface area (Å²) in [5.74, 6) is 0. The first-order valence-corrected chi connectivity index (χ1v) is 5.13. The molecular weight excluding hydrogens is 170 g/mol. The molecule has 1 nitrogen and oxygen atoms in total. The Morgan fingerprint density at radius 1 is 1.21 bits per heavy atom. The molecule has 1 N–H and O–H groups in total. The molecule has 1 heteroatoms. The van der Waals surface area contributed by atoms with E-state index in [9.17, 15) is 0 Å². The van der Waals surface area contributed by atoms with Crippen LogP contribution in [0.25, 0.3) is 5.57 Å². The molecule has 1 atom stereocenters. The highest BCUT2D eigenvalue weighted by molar-refractivity contribution is 5.75. The van der Waals surface area contributed by atoms with Gasteiger partial charge >= 0.3 is 0 Å². The van der Waals surface area contributed by atoms with E-state index < -0.39 is 0 Å². The van der Waals surface area contributed by atoms with Crippen LogP contribution >= 0.6 is 0 Å². The second-order valence-electron chi connectivity index (χ2n) is 3.88. The van der Waals surface area contributed by atoms with Crippen LogP contribution in [-0.4, -0.2) is 6.04 Å². The quantitative estimate of drug-likeness (QED) is 0.651. The molecule has 0 radical (unpaired) electrons. The van der Waals surface area contributed by atoms with Gasteiger partial charge in [-0.3, -0.25) is 0 Å². The van der Waals surface area contributed by atoms with Gasteiger partial charge in [0.2, 0.25) is 0 Å². The summed E-state index contributed by atoms with van der Waals surface area (Å²) in [5, 5.41) is 3.56. The maximum Gasteiger partial charge on any atom is 0.0364 e. The number of nitrogens with one attached hydrogen (secondary N) is 1. The third-order valence-corrected chi connectivity index (χ3v) is 3.03. The van der Waals surface area contributed by atoms with Gasteiger partial charge in [-0.25, -0.2) is 0 Å². The Labute approximate surface area is 84.1 Å². The predicted molar refractivity (Wildman–Crippen MR) is 58.8 cm³/mol. The smallest absolute Gasteiger partial charge is 0.0364 e. The van der Waals surface area contributed by atoms with E-state index in [0.29, 0.717) is 6.04 Å². The van der Waals surface area contributed by atoms with Crippen molar-refractivity contribution < 1.29 is 0 Å². The summed E-state index contributed by atoms with van der Waals surface area (Å²) < 4.78 is 0. The Bertz CT molecular complexity index is 415. The molecule has 0 bridgehead atoms. The van der Waals surface area contributed by atoms with Crippen LogP contribution in [0.2, 0.25) is 0 Å². The van der Waals surface area contributed by atoms with Crippen molar-refractivity contribution in [2.75, 3.05) is 0 Å². The first-order valence-electron chi connectivity index (χ1n) is 5.13. The molecule has 14 heavy (non-hydrogen) atoms. The molecule has 0 amide bonds. The van der Waals surface area contributed by atoms with Gasteiger partial charge < -0.3 is 5.32 Å². The largest absolute Gasteiger partial charge is 0.306 e. The first kappa shape index (κ1) is 8.01. The van der Waals surface area contributed by atoms with Crippen LogP contribution in [0.5, 0.6) is 0 Å². The Morgan fingerprint density at radius 2 is 2.14 bits per heavy atom. The molecule has 0 fully saturated rings. The van der Waals surface area contributed by atoms with Crippen molar-refractivity contribution in [3.05, 3.63) is 53.6 Å². The fourth-order valence-electron chi connectivity index (χ4n) is 2.29. The average Bonchev–Trinajstić information content (AvgIpc) is 2.29. The minimum atomic E-state index is 0.537. The molecule has 1 aromatic carbocycles. The minimum absolute atomic E-state index is 0.537. The molecule has 1 aliphatic carbocycles. The Kier molecular flexibility index (Phi) is 1.78. The summed E-state index contributed by atoms with van der Waals surface area (Å²) in [6.45, 7) is 1.01. The van der Waals surface area contributed by atoms with E-state index in [1.54, 1.807) is 0 Å². The SMILES string of the molecule is C1=CCC2NCc3ccccc3C2=C1. The normalized spacial score (nSPS) is 23.7. The lowest BCUT2D eigenvalue weighted by Gasteiger charge is -2.30. The predicted octanol–water partition coefficient (Wildman–Crippen LogP) is 2.50. The van der Waals surface area contributed by atoms with Crippen LogP contribution in [0.3, 0.4) is 0 Å². The minimum Gasteiger partial charge on any atom is -0.306 e. The van der Waals surface area contributed by atoms with Gasteiger partial charge in [-0.15, -0.1) is 0 Å². The van der Waals surface area contributed by atoms with Gasteiger partial charge in [-0.1, -0.05) is 42.5 Å². The Balaban J connectivity index is 2.15. The zero-order valence-electron chi connectivity index (χ0n) is 8.03. The van der Waals surface area contributed by atoms with Crippen molar-refractivity contribution in [2.45, 2.75) is 19.0 Å². The zero-order chi connectivity index (χ0) is 9.38. The van der Waals surface area contributed by atoms with Gasteiger partial charge in [-0.05, 0) is 23.1 Å². The first-order chi connectivity index (χ1) is 6.95. The lowest BCUT2D eigenvalue weighted by atomic mass is 9.86. The van der Waals surface area contributed by atoms with E-state index in [-0.39, 0.29) is 0 Å². The van der Waals surface area contributed by atoms with Crippen molar-refractivity contribution in [1.29, 1.82) is 0 Å². The molecule has 0 spiro atoms. The maximum absolute atomic E-state index is 3.56. The standard InChI is InChI=1S/C13H13N/c1-2-6-11-10(5-1)9-14-13-8-4-3-7-12(11)13/h1-7,13-14H,8-9H2. The molecule has 1 heterocycles. The van der Waals surface area contributed by atoms with E-state index in [1.807, 2.05) is 0 Å². The van der Waals surface area contributed by atoms with Crippen molar-refractivity contribution in [1.82, 2.24) is 5.32 Å². The summed E-state index contributed by atoms with van der Waals surface area (Å²) in [5.41, 5.74) is 4.31. The van der Waals surface area contributed by atoms with Gasteiger partial charge in [0.15, 0.2) is 0 Å². The fraction of sp³-hybridized carbons (Fsp3) is 0.231. The summed E-state index contributed by atoms with van der Waals surface area (Å²) in [6, 6.07) is 9.21. The average molecular weight is 183 g/mol. The van der Waals surface area contributed by atoms with Gasteiger partial charge in [-0.2, -0.15) is 0 Å². The second-order valence-corrected chi connectivity index (χ2v) is 3.88. The summed E-state index contributed by atoms with van der Waals surface area (Å²) >= 11 is 0. The molecule has 0 saturated carbocycles. The van der Waals surface area contributed by atoms with Crippen molar-refractivity contribution in [3.8, 4) is 0 Å². The fourth-order valence-corrected chi connectivity index (χ4v) is 2.29. The number of rotatable bonds is 0. The third-order valence-electron chi connectivity index (χ3n) is 3.03. The van der Waals surface area contributed by atoms with E-state index >= 15 is 0 Å². The monoisotopic (exact) mass is 183 g/mol. The van der Waals surface area contributed by atoms with Crippen LogP contribution in [0.15, 0.2) is 42.5 Å². The maximum atomic E-state index is 3.56. The number of allylic oxidation sites excluding steroid dienone is 2. The summed E-state index contributed by atoms with van der Waals surface area (Å²) in [7, 11) is 0. The Hall–Kier alpha value is -1.34. The van der Waals surface area contributed by atoms with Crippen molar-refractivity contribution >= 4 is 5.57 Å². The molecule has 1 aliphatic heterocycles. The molecule has 3 rings (SSSR count). The zero-order valence-corrected chi connectivity index (χ0v) is 8.03. The van der Waals surface area contributed by atoms with Crippen LogP contribution in [0.1, 0.15) is 17.5 Å². The molecule has 70 valence electrons. The van der Waals surface area contributed by atoms with Crippen molar-refractivity contribution in [3.63, 3.8) is 0 Å². The number of benzene rings is 1. The summed E-state index contributed by atoms with van der Waals surface area (Å²) in [4.78, 5) is 0. The van der Waals surface area contributed by atoms with E-state index in [2.05, 4.69) is 47.8 Å². The molecule has 0 aromatic heterocycles. The lowest BCUT2D eigenvalue weighted by Crippen LogP contribution is -2.34. The Morgan fingerprint density at radius 3 is 3.14 bits per heavy atom. The highest BCUT2D eigenvalue weighted by atomic mass is 14.9. The molecule has 2 aliphatic rings. The lowest BCUT2D eigenvalue weighted by molar-refractivity contribution is 0.589.